The summed E-state index contributed by atoms with van der Waals surface area (Å²) in [6, 6.07) is 9.28. The number of alkyl halides is 3. The number of nitrogen functional groups attached to an aromatic ring is 1. The third-order valence-electron chi connectivity index (χ3n) is 5.27. The molecule has 27 heavy (non-hydrogen) atoms. The lowest BCUT2D eigenvalue weighted by Gasteiger charge is -2.17. The van der Waals surface area contributed by atoms with Crippen molar-refractivity contribution in [1.29, 1.82) is 0 Å². The highest BCUT2D eigenvalue weighted by Crippen LogP contribution is 2.39. The Morgan fingerprint density at radius 3 is 2.63 bits per heavy atom. The van der Waals surface area contributed by atoms with Gasteiger partial charge in [0.05, 0.1) is 12.5 Å². The van der Waals surface area contributed by atoms with Gasteiger partial charge in [-0.2, -0.15) is 13.2 Å². The molecule has 1 unspecified atom stereocenters. The van der Waals surface area contributed by atoms with Gasteiger partial charge >= 0.3 is 6.18 Å². The van der Waals surface area contributed by atoms with Gasteiger partial charge < -0.3 is 15.4 Å². The van der Waals surface area contributed by atoms with Crippen LogP contribution in [0.15, 0.2) is 42.0 Å². The number of nitrogens with zero attached hydrogens (tertiary/aromatic N) is 1. The number of rotatable bonds is 4. The Morgan fingerprint density at radius 1 is 1.30 bits per heavy atom. The number of aliphatic hydroxyl groups excluding tert-OH is 1. The van der Waals surface area contributed by atoms with Gasteiger partial charge in [0.15, 0.2) is 0 Å². The molecular weight excluding hydrogens is 353 g/mol. The molecule has 1 aromatic heterocycles. The van der Waals surface area contributed by atoms with Crippen molar-refractivity contribution in [1.82, 2.24) is 4.57 Å². The molecule has 3 N–H and O–H groups in total. The predicted octanol–water partition coefficient (Wildman–Crippen LogP) is 4.73. The Balaban J connectivity index is 2.06. The van der Waals surface area contributed by atoms with Crippen molar-refractivity contribution in [3.63, 3.8) is 0 Å². The van der Waals surface area contributed by atoms with Crippen molar-refractivity contribution in [3.8, 4) is 11.3 Å². The molecule has 3 nitrogen and oxygen atoms in total. The summed E-state index contributed by atoms with van der Waals surface area (Å²) >= 11 is 0. The van der Waals surface area contributed by atoms with Crippen molar-refractivity contribution in [2.24, 2.45) is 5.92 Å². The second kappa shape index (κ2) is 7.80. The number of halogens is 3. The number of hydrogen-bond donors (Lipinski definition) is 2. The van der Waals surface area contributed by atoms with Crippen LogP contribution in [0.2, 0.25) is 0 Å². The number of nitrogens with two attached hydrogens (primary N) is 1. The van der Waals surface area contributed by atoms with E-state index in [9.17, 15) is 18.3 Å². The van der Waals surface area contributed by atoms with E-state index in [1.807, 2.05) is 31.2 Å². The predicted molar refractivity (Wildman–Crippen MR) is 101 cm³/mol. The van der Waals surface area contributed by atoms with Crippen molar-refractivity contribution in [3.05, 3.63) is 53.2 Å². The van der Waals surface area contributed by atoms with Crippen LogP contribution in [0.3, 0.4) is 0 Å². The molecule has 0 saturated carbocycles. The SMILES string of the molecule is C/C(=C\Cn1c(-c2ccc(N)cc2)cc2c1CCCC(C(F)(F)F)C2)CO. The topological polar surface area (TPSA) is 51.2 Å². The Labute approximate surface area is 157 Å². The van der Waals surface area contributed by atoms with Gasteiger partial charge in [-0.05, 0) is 61.9 Å². The van der Waals surface area contributed by atoms with E-state index in [2.05, 4.69) is 4.57 Å². The number of benzene rings is 1. The summed E-state index contributed by atoms with van der Waals surface area (Å²) in [5.41, 5.74) is 10.8. The van der Waals surface area contributed by atoms with E-state index in [1.165, 1.54) is 0 Å². The second-order valence-corrected chi connectivity index (χ2v) is 7.28. The molecular formula is C21H25F3N2O. The Bertz CT molecular complexity index is 819. The first-order valence-electron chi connectivity index (χ1n) is 9.20. The number of hydrogen-bond acceptors (Lipinski definition) is 2. The number of fused-ring (bicyclic) bond motifs is 1. The standard InChI is InChI=1S/C21H25F3N2O/c1-14(13-27)9-10-26-19-4-2-3-17(21(22,23)24)11-16(19)12-20(26)15-5-7-18(25)8-6-15/h5-9,12,17,27H,2-4,10-11,13,25H2,1H3/b14-9+. The average Bonchev–Trinajstić information content (AvgIpc) is 2.81. The summed E-state index contributed by atoms with van der Waals surface area (Å²) < 4.78 is 42.1. The van der Waals surface area contributed by atoms with E-state index >= 15 is 0 Å². The summed E-state index contributed by atoms with van der Waals surface area (Å²) in [5, 5.41) is 9.27. The molecule has 1 aliphatic rings. The van der Waals surface area contributed by atoms with Gasteiger partial charge in [-0.3, -0.25) is 0 Å². The Morgan fingerprint density at radius 2 is 2.00 bits per heavy atom. The van der Waals surface area contributed by atoms with Gasteiger partial charge in [-0.25, -0.2) is 0 Å². The number of aliphatic hydroxyl groups is 1. The molecule has 1 aromatic carbocycles. The minimum Gasteiger partial charge on any atom is -0.399 e. The lowest BCUT2D eigenvalue weighted by molar-refractivity contribution is -0.175. The van der Waals surface area contributed by atoms with E-state index in [4.69, 9.17) is 5.73 Å². The van der Waals surface area contributed by atoms with Crippen LogP contribution in [-0.2, 0) is 19.4 Å². The molecule has 3 rings (SSSR count). The fourth-order valence-electron chi connectivity index (χ4n) is 3.69. The highest BCUT2D eigenvalue weighted by Gasteiger charge is 2.40. The van der Waals surface area contributed by atoms with Crippen molar-refractivity contribution >= 4 is 5.69 Å². The smallest absolute Gasteiger partial charge is 0.392 e. The molecule has 0 spiro atoms. The number of anilines is 1. The molecule has 6 heteroatoms. The third kappa shape index (κ3) is 4.38. The van der Waals surface area contributed by atoms with Gasteiger partial charge in [0, 0.05) is 23.6 Å². The van der Waals surface area contributed by atoms with Gasteiger partial charge in [-0.15, -0.1) is 0 Å². The van der Waals surface area contributed by atoms with E-state index in [0.717, 1.165) is 28.1 Å². The molecule has 1 heterocycles. The average molecular weight is 378 g/mol. The highest BCUT2D eigenvalue weighted by molar-refractivity contribution is 5.65. The van der Waals surface area contributed by atoms with Crippen LogP contribution in [0.5, 0.6) is 0 Å². The zero-order chi connectivity index (χ0) is 19.6. The molecule has 0 bridgehead atoms. The summed E-state index contributed by atoms with van der Waals surface area (Å²) in [7, 11) is 0. The number of aromatic nitrogens is 1. The quantitative estimate of drug-likeness (QED) is 0.459. The minimum absolute atomic E-state index is 0.0243. The van der Waals surface area contributed by atoms with E-state index in [1.54, 1.807) is 12.1 Å². The largest absolute Gasteiger partial charge is 0.399 e. The number of allylic oxidation sites excluding steroid dienone is 1. The van der Waals surface area contributed by atoms with Crippen LogP contribution in [0.1, 0.15) is 31.0 Å². The van der Waals surface area contributed by atoms with Crippen LogP contribution < -0.4 is 5.73 Å². The Hall–Kier alpha value is -2.21. The fourth-order valence-corrected chi connectivity index (χ4v) is 3.69. The first-order valence-corrected chi connectivity index (χ1v) is 9.20. The van der Waals surface area contributed by atoms with Crippen LogP contribution >= 0.6 is 0 Å². The van der Waals surface area contributed by atoms with Crippen LogP contribution in [0.25, 0.3) is 11.3 Å². The van der Waals surface area contributed by atoms with Crippen LogP contribution in [0.4, 0.5) is 18.9 Å². The normalized spacial score (nSPS) is 18.3. The maximum absolute atomic E-state index is 13.3. The molecule has 1 atom stereocenters. The maximum atomic E-state index is 13.3. The Kier molecular flexibility index (Phi) is 5.65. The van der Waals surface area contributed by atoms with E-state index in [-0.39, 0.29) is 19.4 Å². The maximum Gasteiger partial charge on any atom is 0.392 e. The lowest BCUT2D eigenvalue weighted by atomic mass is 9.97. The molecule has 0 aliphatic heterocycles. The van der Waals surface area contributed by atoms with E-state index in [0.29, 0.717) is 25.1 Å². The van der Waals surface area contributed by atoms with Crippen LogP contribution in [-0.4, -0.2) is 22.5 Å². The highest BCUT2D eigenvalue weighted by atomic mass is 19.4. The zero-order valence-electron chi connectivity index (χ0n) is 15.4. The van der Waals surface area contributed by atoms with Gasteiger partial charge in [-0.1, -0.05) is 23.8 Å². The van der Waals surface area contributed by atoms with Crippen LogP contribution in [0, 0.1) is 5.92 Å². The van der Waals surface area contributed by atoms with Gasteiger partial charge in [0.2, 0.25) is 0 Å². The van der Waals surface area contributed by atoms with Crippen molar-refractivity contribution in [2.45, 2.75) is 45.3 Å². The first kappa shape index (κ1) is 19.5. The van der Waals surface area contributed by atoms with Crippen molar-refractivity contribution in [2.75, 3.05) is 12.3 Å². The molecule has 0 radical (unpaired) electrons. The summed E-state index contributed by atoms with van der Waals surface area (Å²) in [5.74, 6) is -1.29. The summed E-state index contributed by atoms with van der Waals surface area (Å²) in [4.78, 5) is 0. The minimum atomic E-state index is -4.17. The second-order valence-electron chi connectivity index (χ2n) is 7.28. The van der Waals surface area contributed by atoms with Gasteiger partial charge in [0.25, 0.3) is 0 Å². The van der Waals surface area contributed by atoms with Crippen molar-refractivity contribution < 1.29 is 18.3 Å². The molecule has 0 fully saturated rings. The summed E-state index contributed by atoms with van der Waals surface area (Å²) in [6.45, 7) is 2.33. The van der Waals surface area contributed by atoms with Gasteiger partial charge in [0.1, 0.15) is 0 Å². The molecule has 146 valence electrons. The molecule has 0 saturated heterocycles. The molecule has 0 amide bonds. The zero-order valence-corrected chi connectivity index (χ0v) is 15.4. The first-order chi connectivity index (χ1) is 12.8. The monoisotopic (exact) mass is 378 g/mol. The molecule has 1 aliphatic carbocycles. The summed E-state index contributed by atoms with van der Waals surface area (Å²) in [6.07, 6.45) is -0.906. The third-order valence-corrected chi connectivity index (χ3v) is 5.27. The lowest BCUT2D eigenvalue weighted by Crippen LogP contribution is -2.24. The fraction of sp³-hybridized carbons (Fsp3) is 0.429. The van der Waals surface area contributed by atoms with E-state index < -0.39 is 12.1 Å². The molecule has 2 aromatic rings.